The standard InChI is InChI=1S/C12H11N5/c1-8-2-3-9(7-13)6-10(8)16-11-4-5-15-12(14)17-11/h2-6H,1H3,(H3,14,15,16,17). The fraction of sp³-hybridized carbons (Fsp3) is 0.0833. The van der Waals surface area contributed by atoms with Gasteiger partial charge in [0.15, 0.2) is 0 Å². The summed E-state index contributed by atoms with van der Waals surface area (Å²) in [5, 5.41) is 11.9. The van der Waals surface area contributed by atoms with Crippen LogP contribution in [-0.2, 0) is 0 Å². The predicted octanol–water partition coefficient (Wildman–Crippen LogP) is 1.98. The number of nitrogen functional groups attached to an aromatic ring is 1. The van der Waals surface area contributed by atoms with Gasteiger partial charge in [-0.2, -0.15) is 10.2 Å². The van der Waals surface area contributed by atoms with Crippen molar-refractivity contribution >= 4 is 17.5 Å². The monoisotopic (exact) mass is 225 g/mol. The molecule has 0 aliphatic rings. The molecule has 1 heterocycles. The first-order valence-electron chi connectivity index (χ1n) is 5.05. The molecule has 1 aromatic carbocycles. The van der Waals surface area contributed by atoms with Crippen LogP contribution >= 0.6 is 0 Å². The Morgan fingerprint density at radius 1 is 1.35 bits per heavy atom. The van der Waals surface area contributed by atoms with Gasteiger partial charge in [0.2, 0.25) is 5.95 Å². The zero-order valence-corrected chi connectivity index (χ0v) is 9.31. The van der Waals surface area contributed by atoms with Crippen molar-refractivity contribution in [2.75, 3.05) is 11.1 Å². The third-order valence-corrected chi connectivity index (χ3v) is 2.30. The molecular weight excluding hydrogens is 214 g/mol. The van der Waals surface area contributed by atoms with Crippen molar-refractivity contribution in [3.8, 4) is 6.07 Å². The highest BCUT2D eigenvalue weighted by atomic mass is 15.1. The maximum absolute atomic E-state index is 8.84. The van der Waals surface area contributed by atoms with Crippen LogP contribution in [0.4, 0.5) is 17.5 Å². The van der Waals surface area contributed by atoms with Gasteiger partial charge < -0.3 is 11.1 Å². The number of nitrogens with zero attached hydrogens (tertiary/aromatic N) is 3. The second kappa shape index (κ2) is 4.49. The number of hydrogen-bond donors (Lipinski definition) is 2. The molecule has 1 aromatic heterocycles. The molecular formula is C12H11N5. The third-order valence-electron chi connectivity index (χ3n) is 2.30. The molecule has 0 bridgehead atoms. The minimum absolute atomic E-state index is 0.212. The van der Waals surface area contributed by atoms with E-state index >= 15 is 0 Å². The predicted molar refractivity (Wildman–Crippen MR) is 65.6 cm³/mol. The lowest BCUT2D eigenvalue weighted by atomic mass is 10.1. The fourth-order valence-corrected chi connectivity index (χ4v) is 1.41. The van der Waals surface area contributed by atoms with Crippen molar-refractivity contribution in [2.24, 2.45) is 0 Å². The lowest BCUT2D eigenvalue weighted by Crippen LogP contribution is -2.00. The minimum atomic E-state index is 0.212. The van der Waals surface area contributed by atoms with Crippen LogP contribution in [0.3, 0.4) is 0 Å². The van der Waals surface area contributed by atoms with E-state index in [4.69, 9.17) is 11.0 Å². The lowest BCUT2D eigenvalue weighted by molar-refractivity contribution is 1.18. The molecule has 5 nitrogen and oxygen atoms in total. The summed E-state index contributed by atoms with van der Waals surface area (Å²) in [5.74, 6) is 0.819. The summed E-state index contributed by atoms with van der Waals surface area (Å²) in [5.41, 5.74) is 7.95. The summed E-state index contributed by atoms with van der Waals surface area (Å²) in [6.07, 6.45) is 1.58. The number of nitrogens with one attached hydrogen (secondary N) is 1. The van der Waals surface area contributed by atoms with Gasteiger partial charge in [0, 0.05) is 11.9 Å². The summed E-state index contributed by atoms with van der Waals surface area (Å²) < 4.78 is 0. The Balaban J connectivity index is 2.33. The van der Waals surface area contributed by atoms with Crippen molar-refractivity contribution in [1.29, 1.82) is 5.26 Å². The Hall–Kier alpha value is -2.61. The summed E-state index contributed by atoms with van der Waals surface area (Å²) in [4.78, 5) is 7.85. The number of nitriles is 1. The SMILES string of the molecule is Cc1ccc(C#N)cc1Nc1ccnc(N)n1. The molecule has 0 spiro atoms. The van der Waals surface area contributed by atoms with E-state index in [1.165, 1.54) is 0 Å². The van der Waals surface area contributed by atoms with Crippen LogP contribution in [0.25, 0.3) is 0 Å². The molecule has 0 unspecified atom stereocenters. The summed E-state index contributed by atoms with van der Waals surface area (Å²) in [6, 6.07) is 9.24. The quantitative estimate of drug-likeness (QED) is 0.815. The van der Waals surface area contributed by atoms with Crippen LogP contribution in [0, 0.1) is 18.3 Å². The summed E-state index contributed by atoms with van der Waals surface area (Å²) >= 11 is 0. The number of aryl methyl sites for hydroxylation is 1. The number of anilines is 3. The molecule has 0 aliphatic carbocycles. The Kier molecular flexibility index (Phi) is 2.88. The largest absolute Gasteiger partial charge is 0.368 e. The van der Waals surface area contributed by atoms with E-state index in [9.17, 15) is 0 Å². The maximum Gasteiger partial charge on any atom is 0.221 e. The zero-order chi connectivity index (χ0) is 12.3. The molecule has 3 N–H and O–H groups in total. The van der Waals surface area contributed by atoms with Crippen LogP contribution < -0.4 is 11.1 Å². The van der Waals surface area contributed by atoms with Gasteiger partial charge in [0.1, 0.15) is 5.82 Å². The van der Waals surface area contributed by atoms with Gasteiger partial charge in [-0.3, -0.25) is 0 Å². The van der Waals surface area contributed by atoms with Gasteiger partial charge in [0.25, 0.3) is 0 Å². The number of rotatable bonds is 2. The van der Waals surface area contributed by atoms with E-state index in [-0.39, 0.29) is 5.95 Å². The number of nitrogens with two attached hydrogens (primary N) is 1. The second-order valence-corrected chi connectivity index (χ2v) is 3.57. The molecule has 0 radical (unpaired) electrons. The van der Waals surface area contributed by atoms with Gasteiger partial charge >= 0.3 is 0 Å². The van der Waals surface area contributed by atoms with Gasteiger partial charge in [-0.1, -0.05) is 6.07 Å². The summed E-state index contributed by atoms with van der Waals surface area (Å²) in [7, 11) is 0. The van der Waals surface area contributed by atoms with Crippen LogP contribution in [0.2, 0.25) is 0 Å². The Labute approximate surface area is 98.9 Å². The van der Waals surface area contributed by atoms with Gasteiger partial charge in [0.05, 0.1) is 11.6 Å². The van der Waals surface area contributed by atoms with Gasteiger partial charge in [-0.15, -0.1) is 0 Å². The molecule has 17 heavy (non-hydrogen) atoms. The smallest absolute Gasteiger partial charge is 0.221 e. The molecule has 5 heteroatoms. The highest BCUT2D eigenvalue weighted by Gasteiger charge is 2.02. The average Bonchev–Trinajstić information content (AvgIpc) is 2.32. The van der Waals surface area contributed by atoms with Crippen LogP contribution in [0.1, 0.15) is 11.1 Å². The first-order chi connectivity index (χ1) is 8.19. The highest BCUT2D eigenvalue weighted by molar-refractivity contribution is 5.62. The molecule has 0 saturated carbocycles. The van der Waals surface area contributed by atoms with E-state index in [1.54, 1.807) is 24.4 Å². The maximum atomic E-state index is 8.84. The third kappa shape index (κ3) is 2.49. The number of aromatic nitrogens is 2. The van der Waals surface area contributed by atoms with Crippen molar-refractivity contribution in [3.63, 3.8) is 0 Å². The van der Waals surface area contributed by atoms with Crippen LogP contribution in [-0.4, -0.2) is 9.97 Å². The molecule has 2 aromatic rings. The fourth-order valence-electron chi connectivity index (χ4n) is 1.41. The van der Waals surface area contributed by atoms with E-state index in [0.717, 1.165) is 11.3 Å². The average molecular weight is 225 g/mol. The molecule has 0 fully saturated rings. The molecule has 2 rings (SSSR count). The number of hydrogen-bond acceptors (Lipinski definition) is 5. The van der Waals surface area contributed by atoms with Crippen LogP contribution in [0.5, 0.6) is 0 Å². The Morgan fingerprint density at radius 2 is 2.18 bits per heavy atom. The topological polar surface area (TPSA) is 87.6 Å². The summed E-state index contributed by atoms with van der Waals surface area (Å²) in [6.45, 7) is 1.95. The highest BCUT2D eigenvalue weighted by Crippen LogP contribution is 2.20. The van der Waals surface area contributed by atoms with Crippen molar-refractivity contribution in [3.05, 3.63) is 41.6 Å². The first kappa shape index (κ1) is 10.9. The van der Waals surface area contributed by atoms with E-state index in [0.29, 0.717) is 11.4 Å². The molecule has 0 saturated heterocycles. The first-order valence-corrected chi connectivity index (χ1v) is 5.05. The Morgan fingerprint density at radius 3 is 2.88 bits per heavy atom. The molecule has 84 valence electrons. The van der Waals surface area contributed by atoms with E-state index < -0.39 is 0 Å². The number of benzene rings is 1. The van der Waals surface area contributed by atoms with Crippen molar-refractivity contribution < 1.29 is 0 Å². The van der Waals surface area contributed by atoms with Crippen molar-refractivity contribution in [1.82, 2.24) is 9.97 Å². The van der Waals surface area contributed by atoms with Gasteiger partial charge in [-0.25, -0.2) is 4.98 Å². The second-order valence-electron chi connectivity index (χ2n) is 3.57. The van der Waals surface area contributed by atoms with E-state index in [1.807, 2.05) is 13.0 Å². The minimum Gasteiger partial charge on any atom is -0.368 e. The van der Waals surface area contributed by atoms with Crippen LogP contribution in [0.15, 0.2) is 30.5 Å². The molecule has 0 aliphatic heterocycles. The Bertz CT molecular complexity index is 586. The zero-order valence-electron chi connectivity index (χ0n) is 9.31. The molecule has 0 atom stereocenters. The van der Waals surface area contributed by atoms with Gasteiger partial charge in [-0.05, 0) is 30.7 Å². The molecule has 0 amide bonds. The normalized spacial score (nSPS) is 9.65. The lowest BCUT2D eigenvalue weighted by Gasteiger charge is -2.08. The van der Waals surface area contributed by atoms with Crippen molar-refractivity contribution in [2.45, 2.75) is 6.92 Å². The van der Waals surface area contributed by atoms with E-state index in [2.05, 4.69) is 21.4 Å².